The highest BCUT2D eigenvalue weighted by molar-refractivity contribution is 6.27. The first-order valence-corrected chi connectivity index (χ1v) is 17.2. The molecule has 0 amide bonds. The molecule has 2 aliphatic rings. The van der Waals surface area contributed by atoms with E-state index in [1.807, 2.05) is 36.4 Å². The second kappa shape index (κ2) is 10.9. The molecule has 1 aliphatic carbocycles. The Hall–Kier alpha value is -6.26. The predicted octanol–water partition coefficient (Wildman–Crippen LogP) is 11.5. The highest BCUT2D eigenvalue weighted by atomic mass is 15.2. The molecule has 238 valence electrons. The summed E-state index contributed by atoms with van der Waals surface area (Å²) in [5, 5.41) is 10.1. The maximum Gasteiger partial charge on any atom is 0.0822 e. The van der Waals surface area contributed by atoms with E-state index in [4.69, 9.17) is 15.3 Å². The summed E-state index contributed by atoms with van der Waals surface area (Å²) in [7, 11) is 0. The van der Waals surface area contributed by atoms with Gasteiger partial charge in [-0.15, -0.1) is 0 Å². The molecular weight excluding hydrogens is 609 g/mol. The number of amidine groups is 2. The lowest BCUT2D eigenvalue weighted by atomic mass is 9.80. The Kier molecular flexibility index (Phi) is 6.25. The molecule has 0 fully saturated rings. The van der Waals surface area contributed by atoms with Crippen molar-refractivity contribution in [2.45, 2.75) is 25.4 Å². The van der Waals surface area contributed by atoms with Gasteiger partial charge in [0.05, 0.1) is 23.0 Å². The number of rotatable bonds is 4. The minimum Gasteiger partial charge on any atom is -0.438 e. The minimum absolute atomic E-state index is 0.185. The van der Waals surface area contributed by atoms with Gasteiger partial charge < -0.3 is 14.9 Å². The second-order valence-electron chi connectivity index (χ2n) is 13.8. The van der Waals surface area contributed by atoms with Gasteiger partial charge in [-0.3, -0.25) is 4.99 Å². The summed E-state index contributed by atoms with van der Waals surface area (Å²) < 4.78 is 2.48. The largest absolute Gasteiger partial charge is 0.438 e. The van der Waals surface area contributed by atoms with Gasteiger partial charge in [-0.25, -0.2) is 0 Å². The van der Waals surface area contributed by atoms with Crippen LogP contribution in [0.2, 0.25) is 0 Å². The van der Waals surface area contributed by atoms with Crippen LogP contribution in [0.3, 0.4) is 0 Å². The molecule has 0 radical (unpaired) electrons. The van der Waals surface area contributed by atoms with E-state index in [-0.39, 0.29) is 11.6 Å². The van der Waals surface area contributed by atoms with E-state index in [0.717, 1.165) is 22.4 Å². The van der Waals surface area contributed by atoms with Gasteiger partial charge in [-0.1, -0.05) is 159 Å². The van der Waals surface area contributed by atoms with Gasteiger partial charge in [0.2, 0.25) is 0 Å². The fourth-order valence-corrected chi connectivity index (χ4v) is 8.28. The Morgan fingerprint density at radius 3 is 2.02 bits per heavy atom. The van der Waals surface area contributed by atoms with Gasteiger partial charge >= 0.3 is 0 Å². The van der Waals surface area contributed by atoms with Gasteiger partial charge in [0.15, 0.2) is 0 Å². The Bertz CT molecular complexity index is 2680. The van der Waals surface area contributed by atoms with Crippen molar-refractivity contribution in [3.8, 4) is 16.8 Å². The van der Waals surface area contributed by atoms with Crippen LogP contribution in [0.4, 0.5) is 0 Å². The van der Waals surface area contributed by atoms with Crippen LogP contribution in [0.25, 0.3) is 54.7 Å². The Morgan fingerprint density at radius 2 is 1.24 bits per heavy atom. The van der Waals surface area contributed by atoms with Gasteiger partial charge in [-0.2, -0.15) is 0 Å². The van der Waals surface area contributed by atoms with Crippen molar-refractivity contribution in [2.24, 2.45) is 9.98 Å². The second-order valence-corrected chi connectivity index (χ2v) is 13.8. The highest BCUT2D eigenvalue weighted by Crippen LogP contribution is 2.56. The Morgan fingerprint density at radius 1 is 0.600 bits per heavy atom. The molecular formula is C46H33N4-. The predicted molar refractivity (Wildman–Crippen MR) is 208 cm³/mol. The number of para-hydroxylation sites is 1. The number of hydrogen-bond donors (Lipinski definition) is 0. The average molecular weight is 642 g/mol. The van der Waals surface area contributed by atoms with Gasteiger partial charge in [0, 0.05) is 21.9 Å². The first-order valence-electron chi connectivity index (χ1n) is 17.2. The summed E-state index contributed by atoms with van der Waals surface area (Å²) in [5.41, 5.74) is 11.8. The molecule has 4 heteroatoms. The smallest absolute Gasteiger partial charge is 0.0822 e. The fraction of sp³-hybridized carbons (Fsp3) is 0.0870. The third kappa shape index (κ3) is 4.18. The number of aliphatic imine (C=N–C) groups is 2. The van der Waals surface area contributed by atoms with Crippen LogP contribution in [0.1, 0.15) is 47.8 Å². The van der Waals surface area contributed by atoms with Crippen molar-refractivity contribution in [3.63, 3.8) is 0 Å². The third-order valence-electron chi connectivity index (χ3n) is 10.5. The topological polar surface area (TPSA) is 43.8 Å². The van der Waals surface area contributed by atoms with Crippen LogP contribution >= 0.6 is 0 Å². The van der Waals surface area contributed by atoms with Crippen molar-refractivity contribution < 1.29 is 0 Å². The molecule has 1 unspecified atom stereocenters. The summed E-state index contributed by atoms with van der Waals surface area (Å²) in [6.07, 6.45) is -0.365. The van der Waals surface area contributed by atoms with Crippen LogP contribution in [0.5, 0.6) is 0 Å². The number of benzene rings is 7. The van der Waals surface area contributed by atoms with Crippen molar-refractivity contribution in [1.82, 2.24) is 4.57 Å². The van der Waals surface area contributed by atoms with E-state index in [9.17, 15) is 0 Å². The monoisotopic (exact) mass is 641 g/mol. The number of aromatic nitrogens is 1. The lowest BCUT2D eigenvalue weighted by Crippen LogP contribution is -2.17. The van der Waals surface area contributed by atoms with Crippen LogP contribution in [0, 0.1) is 0 Å². The molecule has 0 spiro atoms. The summed E-state index contributed by atoms with van der Waals surface area (Å²) in [6, 6.07) is 56.0. The zero-order valence-corrected chi connectivity index (χ0v) is 27.9. The van der Waals surface area contributed by atoms with Crippen LogP contribution in [-0.2, 0) is 5.41 Å². The quantitative estimate of drug-likeness (QED) is 0.184. The Balaban J connectivity index is 1.20. The molecule has 7 aromatic carbocycles. The molecule has 4 nitrogen and oxygen atoms in total. The van der Waals surface area contributed by atoms with Crippen LogP contribution in [-0.4, -0.2) is 16.2 Å². The third-order valence-corrected chi connectivity index (χ3v) is 10.5. The van der Waals surface area contributed by atoms with Crippen molar-refractivity contribution >= 4 is 44.2 Å². The summed E-state index contributed by atoms with van der Waals surface area (Å²) in [6.45, 7) is 4.77. The molecule has 8 aromatic rings. The minimum atomic E-state index is -0.365. The zero-order chi connectivity index (χ0) is 33.4. The van der Waals surface area contributed by atoms with E-state index in [2.05, 4.69) is 140 Å². The van der Waals surface area contributed by atoms with E-state index in [1.165, 1.54) is 54.8 Å². The lowest BCUT2D eigenvalue weighted by Gasteiger charge is -2.32. The molecule has 1 aromatic heterocycles. The lowest BCUT2D eigenvalue weighted by molar-refractivity contribution is 0.664. The first kappa shape index (κ1) is 28.7. The average Bonchev–Trinajstić information content (AvgIpc) is 3.65. The van der Waals surface area contributed by atoms with Gasteiger partial charge in [0.1, 0.15) is 0 Å². The normalized spacial score (nSPS) is 16.2. The van der Waals surface area contributed by atoms with E-state index < -0.39 is 0 Å². The standard InChI is InChI=1S/C46H33N4/c1-46(2)37-23-13-11-21-35(37)39-33-19-9-10-20-34(33)40-36-22-12-14-24-38(36)50(42(40)41(39)46)32-27-25-31(26-28-32)45-48-43(29-15-5-3-6-16-29)47-44(49-45)30-17-7-4-8-18-30/h3-28,43H,1-2H3/q-1. The molecule has 50 heavy (non-hydrogen) atoms. The van der Waals surface area contributed by atoms with Gasteiger partial charge in [-0.05, 0) is 67.9 Å². The summed E-state index contributed by atoms with van der Waals surface area (Å²) in [4.78, 5) is 10.1. The molecule has 0 saturated heterocycles. The number of fused-ring (bicyclic) bond motifs is 10. The number of nitrogens with zero attached hydrogens (tertiary/aromatic N) is 4. The fourth-order valence-electron chi connectivity index (χ4n) is 8.28. The summed E-state index contributed by atoms with van der Waals surface area (Å²) in [5.74, 6) is 1.38. The molecule has 10 rings (SSSR count). The summed E-state index contributed by atoms with van der Waals surface area (Å²) >= 11 is 0. The maximum atomic E-state index is 5.07. The van der Waals surface area contributed by atoms with Gasteiger partial charge in [0.25, 0.3) is 0 Å². The van der Waals surface area contributed by atoms with Crippen molar-refractivity contribution in [3.05, 3.63) is 191 Å². The Labute approximate surface area is 291 Å². The van der Waals surface area contributed by atoms with E-state index in [0.29, 0.717) is 11.7 Å². The maximum absolute atomic E-state index is 5.07. The molecule has 1 aliphatic heterocycles. The zero-order valence-electron chi connectivity index (χ0n) is 27.9. The first-order chi connectivity index (χ1) is 24.6. The van der Waals surface area contributed by atoms with E-state index in [1.54, 1.807) is 0 Å². The van der Waals surface area contributed by atoms with Crippen molar-refractivity contribution in [2.75, 3.05) is 0 Å². The molecule has 2 heterocycles. The molecule has 1 atom stereocenters. The SMILES string of the molecule is CC1(C)c2ccccc2-c2c1c1c(c3ccccc23)c2ccccc2n1-c1ccc(C2=NC(c3ccccc3)[N-]C(c3ccccc3)=N2)cc1. The molecule has 0 bridgehead atoms. The van der Waals surface area contributed by atoms with Crippen LogP contribution < -0.4 is 0 Å². The van der Waals surface area contributed by atoms with Crippen molar-refractivity contribution in [1.29, 1.82) is 0 Å². The highest BCUT2D eigenvalue weighted by Gasteiger charge is 2.40. The van der Waals surface area contributed by atoms with Crippen LogP contribution in [0.15, 0.2) is 168 Å². The molecule has 0 N–H and O–H groups in total. The van der Waals surface area contributed by atoms with E-state index >= 15 is 0 Å². The molecule has 0 saturated carbocycles. The number of hydrogen-bond acceptors (Lipinski definition) is 2.